The summed E-state index contributed by atoms with van der Waals surface area (Å²) in [4.78, 5) is 2.43. The van der Waals surface area contributed by atoms with Gasteiger partial charge in [-0.05, 0) is 32.7 Å². The van der Waals surface area contributed by atoms with E-state index < -0.39 is 9.84 Å². The largest absolute Gasteiger partial charge is 0.312 e. The second-order valence-corrected chi connectivity index (χ2v) is 8.06. The molecule has 1 N–H and O–H groups in total. The zero-order chi connectivity index (χ0) is 13.0. The van der Waals surface area contributed by atoms with E-state index >= 15 is 0 Å². The monoisotopic (exact) mass is 274 g/mol. The van der Waals surface area contributed by atoms with Crippen LogP contribution in [0.5, 0.6) is 0 Å². The summed E-state index contributed by atoms with van der Waals surface area (Å²) in [6.07, 6.45) is 7.21. The molecule has 5 heteroatoms. The minimum absolute atomic E-state index is 0.181. The van der Waals surface area contributed by atoms with Crippen LogP contribution in [0.4, 0.5) is 0 Å². The van der Waals surface area contributed by atoms with E-state index in [2.05, 4.69) is 17.3 Å². The molecule has 0 spiro atoms. The second-order valence-electron chi connectivity index (χ2n) is 5.83. The zero-order valence-corrected chi connectivity index (χ0v) is 12.2. The standard InChI is InChI=1S/C13H26N2O2S/c1-15(13-6-2-3-7-13)9-8-14-12-5-4-10-18(16,17)11-12/h12-14H,2-11H2,1H3. The first-order chi connectivity index (χ1) is 8.57. The second kappa shape index (κ2) is 6.35. The number of nitrogens with zero attached hydrogens (tertiary/aromatic N) is 1. The normalized spacial score (nSPS) is 28.9. The zero-order valence-electron chi connectivity index (χ0n) is 11.4. The van der Waals surface area contributed by atoms with Crippen LogP contribution in [-0.4, -0.2) is 57.0 Å². The summed E-state index contributed by atoms with van der Waals surface area (Å²) in [5, 5.41) is 3.41. The van der Waals surface area contributed by atoms with Crippen LogP contribution in [0.3, 0.4) is 0 Å². The van der Waals surface area contributed by atoms with E-state index in [1.54, 1.807) is 0 Å². The van der Waals surface area contributed by atoms with Crippen LogP contribution in [0.25, 0.3) is 0 Å². The van der Waals surface area contributed by atoms with Gasteiger partial charge in [0.25, 0.3) is 0 Å². The van der Waals surface area contributed by atoms with Gasteiger partial charge in [-0.25, -0.2) is 8.42 Å². The maximum Gasteiger partial charge on any atom is 0.151 e. The van der Waals surface area contributed by atoms with Gasteiger partial charge in [-0.3, -0.25) is 0 Å². The van der Waals surface area contributed by atoms with Crippen molar-refractivity contribution in [1.82, 2.24) is 10.2 Å². The molecule has 0 aromatic carbocycles. The molecule has 1 saturated heterocycles. The Morgan fingerprint density at radius 3 is 2.56 bits per heavy atom. The number of likely N-dealkylation sites (N-methyl/N-ethyl adjacent to an activating group) is 1. The fourth-order valence-corrected chi connectivity index (χ4v) is 4.83. The topological polar surface area (TPSA) is 49.4 Å². The molecule has 1 aliphatic heterocycles. The molecule has 1 saturated carbocycles. The Labute approximate surface area is 111 Å². The van der Waals surface area contributed by atoms with Crippen molar-refractivity contribution >= 4 is 9.84 Å². The third-order valence-corrected chi connectivity index (χ3v) is 6.13. The van der Waals surface area contributed by atoms with Crippen LogP contribution in [0.15, 0.2) is 0 Å². The molecule has 0 amide bonds. The van der Waals surface area contributed by atoms with Crippen LogP contribution in [-0.2, 0) is 9.84 Å². The maximum absolute atomic E-state index is 11.5. The average molecular weight is 274 g/mol. The number of hydrogen-bond donors (Lipinski definition) is 1. The number of hydrogen-bond acceptors (Lipinski definition) is 4. The predicted octanol–water partition coefficient (Wildman–Crippen LogP) is 1.03. The van der Waals surface area contributed by atoms with Gasteiger partial charge >= 0.3 is 0 Å². The van der Waals surface area contributed by atoms with E-state index in [-0.39, 0.29) is 6.04 Å². The van der Waals surface area contributed by atoms with Gasteiger partial charge in [0, 0.05) is 25.2 Å². The lowest BCUT2D eigenvalue weighted by molar-refractivity contribution is 0.242. The maximum atomic E-state index is 11.5. The molecular formula is C13H26N2O2S. The lowest BCUT2D eigenvalue weighted by atomic mass is 10.2. The molecular weight excluding hydrogens is 248 g/mol. The fourth-order valence-electron chi connectivity index (χ4n) is 3.16. The highest BCUT2D eigenvalue weighted by atomic mass is 32.2. The third-order valence-electron chi connectivity index (χ3n) is 4.31. The van der Waals surface area contributed by atoms with Crippen LogP contribution >= 0.6 is 0 Å². The minimum atomic E-state index is -2.77. The molecule has 0 aromatic rings. The summed E-state index contributed by atoms with van der Waals surface area (Å²) in [6, 6.07) is 0.933. The average Bonchev–Trinajstić information content (AvgIpc) is 2.81. The Hall–Kier alpha value is -0.130. The van der Waals surface area contributed by atoms with Gasteiger partial charge in [0.1, 0.15) is 0 Å². The summed E-state index contributed by atoms with van der Waals surface area (Å²) >= 11 is 0. The van der Waals surface area contributed by atoms with E-state index in [4.69, 9.17) is 0 Å². The predicted molar refractivity (Wildman–Crippen MR) is 74.6 cm³/mol. The Morgan fingerprint density at radius 2 is 1.89 bits per heavy atom. The van der Waals surface area contributed by atoms with Crippen LogP contribution in [0.1, 0.15) is 38.5 Å². The Morgan fingerprint density at radius 1 is 1.17 bits per heavy atom. The molecule has 1 atom stereocenters. The molecule has 1 unspecified atom stereocenters. The van der Waals surface area contributed by atoms with Crippen molar-refractivity contribution in [1.29, 1.82) is 0 Å². The number of rotatable bonds is 5. The fraction of sp³-hybridized carbons (Fsp3) is 1.00. The van der Waals surface area contributed by atoms with E-state index in [0.29, 0.717) is 11.5 Å². The van der Waals surface area contributed by atoms with E-state index in [0.717, 1.165) is 32.0 Å². The molecule has 4 nitrogen and oxygen atoms in total. The number of sulfone groups is 1. The summed E-state index contributed by atoms with van der Waals surface area (Å²) in [6.45, 7) is 1.94. The van der Waals surface area contributed by atoms with E-state index in [1.165, 1.54) is 25.7 Å². The summed E-state index contributed by atoms with van der Waals surface area (Å²) in [5.74, 6) is 0.716. The highest BCUT2D eigenvalue weighted by Crippen LogP contribution is 2.21. The molecule has 1 aliphatic carbocycles. The summed E-state index contributed by atoms with van der Waals surface area (Å²) in [7, 11) is -0.585. The van der Waals surface area contributed by atoms with Crippen molar-refractivity contribution < 1.29 is 8.42 Å². The first-order valence-corrected chi connectivity index (χ1v) is 9.03. The lowest BCUT2D eigenvalue weighted by Crippen LogP contribution is -2.44. The third kappa shape index (κ3) is 4.21. The van der Waals surface area contributed by atoms with Gasteiger partial charge in [0.15, 0.2) is 9.84 Å². The van der Waals surface area contributed by atoms with Gasteiger partial charge in [-0.1, -0.05) is 12.8 Å². The Bertz CT molecular complexity index is 350. The molecule has 0 aromatic heterocycles. The molecule has 0 radical (unpaired) electrons. The van der Waals surface area contributed by atoms with E-state index in [1.807, 2.05) is 0 Å². The van der Waals surface area contributed by atoms with Crippen LogP contribution in [0.2, 0.25) is 0 Å². The Kier molecular flexibility index (Phi) is 5.04. The summed E-state index contributed by atoms with van der Waals surface area (Å²) in [5.41, 5.74) is 0. The van der Waals surface area contributed by atoms with Gasteiger partial charge in [-0.2, -0.15) is 0 Å². The van der Waals surface area contributed by atoms with Gasteiger partial charge in [0.05, 0.1) is 11.5 Å². The van der Waals surface area contributed by atoms with E-state index in [9.17, 15) is 8.42 Å². The minimum Gasteiger partial charge on any atom is -0.312 e. The van der Waals surface area contributed by atoms with Gasteiger partial charge in [-0.15, -0.1) is 0 Å². The molecule has 2 rings (SSSR count). The van der Waals surface area contributed by atoms with Crippen molar-refractivity contribution in [3.63, 3.8) is 0 Å². The summed E-state index contributed by atoms with van der Waals surface area (Å²) < 4.78 is 23.0. The molecule has 2 aliphatic rings. The van der Waals surface area contributed by atoms with Crippen molar-refractivity contribution in [2.45, 2.75) is 50.6 Å². The molecule has 2 fully saturated rings. The SMILES string of the molecule is CN(CCNC1CCCS(=O)(=O)C1)C1CCCC1. The van der Waals surface area contributed by atoms with Gasteiger partial charge < -0.3 is 10.2 Å². The van der Waals surface area contributed by atoms with Crippen molar-refractivity contribution in [3.8, 4) is 0 Å². The first kappa shape index (κ1) is 14.3. The number of nitrogens with one attached hydrogen (secondary N) is 1. The van der Waals surface area contributed by atoms with Crippen molar-refractivity contribution in [2.75, 3.05) is 31.6 Å². The highest BCUT2D eigenvalue weighted by molar-refractivity contribution is 7.91. The first-order valence-electron chi connectivity index (χ1n) is 7.21. The van der Waals surface area contributed by atoms with Crippen LogP contribution in [0, 0.1) is 0 Å². The highest BCUT2D eigenvalue weighted by Gasteiger charge is 2.24. The smallest absolute Gasteiger partial charge is 0.151 e. The molecule has 18 heavy (non-hydrogen) atoms. The molecule has 1 heterocycles. The van der Waals surface area contributed by atoms with Gasteiger partial charge in [0.2, 0.25) is 0 Å². The lowest BCUT2D eigenvalue weighted by Gasteiger charge is -2.27. The molecule has 106 valence electrons. The quantitative estimate of drug-likeness (QED) is 0.813. The van der Waals surface area contributed by atoms with Crippen molar-refractivity contribution in [2.24, 2.45) is 0 Å². The van der Waals surface area contributed by atoms with Crippen molar-refractivity contribution in [3.05, 3.63) is 0 Å². The van der Waals surface area contributed by atoms with Crippen LogP contribution < -0.4 is 5.32 Å². The molecule has 0 bridgehead atoms. The Balaban J connectivity index is 1.65.